The average molecular weight is 342 g/mol. The van der Waals surface area contributed by atoms with Gasteiger partial charge in [-0.15, -0.1) is 0 Å². The summed E-state index contributed by atoms with van der Waals surface area (Å²) in [6, 6.07) is 4.11. The van der Waals surface area contributed by atoms with Crippen LogP contribution in [0.1, 0.15) is 50.5 Å². The van der Waals surface area contributed by atoms with Gasteiger partial charge in [0.05, 0.1) is 5.60 Å². The molecule has 1 saturated carbocycles. The van der Waals surface area contributed by atoms with Crippen LogP contribution in [0.3, 0.4) is 0 Å². The number of rotatable bonds is 3. The minimum absolute atomic E-state index is 0.0140. The molecule has 2 amide bonds. The third-order valence-electron chi connectivity index (χ3n) is 5.51. The summed E-state index contributed by atoms with van der Waals surface area (Å²) in [6.07, 6.45) is 13.6. The number of fused-ring (bicyclic) bond motifs is 1. The number of ether oxygens (including phenoxy) is 1. The van der Waals surface area contributed by atoms with E-state index in [9.17, 15) is 4.79 Å². The van der Waals surface area contributed by atoms with Gasteiger partial charge in [-0.25, -0.2) is 9.78 Å². The summed E-state index contributed by atoms with van der Waals surface area (Å²) in [7, 11) is 0. The average Bonchev–Trinajstić information content (AvgIpc) is 3.08. The molecule has 1 saturated heterocycles. The number of hydrogen-bond donors (Lipinski definition) is 2. The highest BCUT2D eigenvalue weighted by Gasteiger charge is 2.38. The maximum Gasteiger partial charge on any atom is 0.315 e. The number of carbonyl (C=O) groups excluding carboxylic acids is 1. The first-order valence-electron chi connectivity index (χ1n) is 9.32. The number of imidazole rings is 1. The van der Waals surface area contributed by atoms with Crippen LogP contribution in [0.5, 0.6) is 0 Å². The summed E-state index contributed by atoms with van der Waals surface area (Å²) >= 11 is 0. The maximum absolute atomic E-state index is 12.3. The summed E-state index contributed by atoms with van der Waals surface area (Å²) in [5.41, 5.74) is 1.95. The van der Waals surface area contributed by atoms with Gasteiger partial charge in [-0.3, -0.25) is 0 Å². The Morgan fingerprint density at radius 1 is 1.32 bits per heavy atom. The molecule has 3 heterocycles. The first-order valence-corrected chi connectivity index (χ1v) is 9.32. The third-order valence-corrected chi connectivity index (χ3v) is 5.51. The summed E-state index contributed by atoms with van der Waals surface area (Å²) < 4.78 is 8.05. The maximum atomic E-state index is 12.3. The number of nitrogens with one attached hydrogen (secondary N) is 2. The van der Waals surface area contributed by atoms with Crippen molar-refractivity contribution >= 4 is 11.7 Å². The molecule has 1 unspecified atom stereocenters. The van der Waals surface area contributed by atoms with Crippen LogP contribution in [-0.2, 0) is 11.3 Å². The van der Waals surface area contributed by atoms with Crippen LogP contribution in [0.25, 0.3) is 5.65 Å². The Labute approximate surface area is 148 Å². The van der Waals surface area contributed by atoms with Gasteiger partial charge in [-0.2, -0.15) is 0 Å². The van der Waals surface area contributed by atoms with Crippen LogP contribution in [0.15, 0.2) is 30.7 Å². The van der Waals surface area contributed by atoms with Gasteiger partial charge in [-0.1, -0.05) is 19.3 Å². The second kappa shape index (κ2) is 7.04. The first-order chi connectivity index (χ1) is 12.2. The van der Waals surface area contributed by atoms with Crippen molar-refractivity contribution in [3.05, 3.63) is 36.3 Å². The minimum atomic E-state index is -0.0962. The molecule has 0 aromatic carbocycles. The number of hydrogen-bond acceptors (Lipinski definition) is 3. The van der Waals surface area contributed by atoms with Crippen molar-refractivity contribution in [3.8, 4) is 0 Å². The molecule has 6 heteroatoms. The minimum Gasteiger partial charge on any atom is -0.375 e. The van der Waals surface area contributed by atoms with Crippen molar-refractivity contribution in [3.63, 3.8) is 0 Å². The molecule has 2 aromatic rings. The molecule has 2 N–H and O–H groups in total. The number of amides is 2. The van der Waals surface area contributed by atoms with Crippen LogP contribution >= 0.6 is 0 Å². The van der Waals surface area contributed by atoms with E-state index < -0.39 is 0 Å². The molecule has 2 fully saturated rings. The Hall–Kier alpha value is -2.08. The Morgan fingerprint density at radius 3 is 3.08 bits per heavy atom. The molecule has 1 atom stereocenters. The zero-order chi connectivity index (χ0) is 17.1. The van der Waals surface area contributed by atoms with E-state index in [1.807, 2.05) is 28.9 Å². The van der Waals surface area contributed by atoms with Gasteiger partial charge in [-0.05, 0) is 43.4 Å². The van der Waals surface area contributed by atoms with E-state index in [0.717, 1.165) is 43.5 Å². The quantitative estimate of drug-likeness (QED) is 0.901. The van der Waals surface area contributed by atoms with E-state index in [1.54, 1.807) is 6.20 Å². The van der Waals surface area contributed by atoms with Gasteiger partial charge >= 0.3 is 6.03 Å². The van der Waals surface area contributed by atoms with Crippen LogP contribution in [0.2, 0.25) is 0 Å². The Morgan fingerprint density at radius 2 is 2.20 bits per heavy atom. The molecule has 25 heavy (non-hydrogen) atoms. The van der Waals surface area contributed by atoms with E-state index in [0.29, 0.717) is 6.54 Å². The van der Waals surface area contributed by atoms with Gasteiger partial charge in [0.1, 0.15) is 5.65 Å². The highest BCUT2D eigenvalue weighted by Crippen LogP contribution is 2.38. The molecule has 0 radical (unpaired) electrons. The van der Waals surface area contributed by atoms with E-state index >= 15 is 0 Å². The molecular weight excluding hydrogens is 316 g/mol. The highest BCUT2D eigenvalue weighted by atomic mass is 16.5. The lowest BCUT2D eigenvalue weighted by Crippen LogP contribution is -2.51. The molecule has 1 aliphatic heterocycles. The largest absolute Gasteiger partial charge is 0.375 e. The van der Waals surface area contributed by atoms with Crippen LogP contribution in [0.4, 0.5) is 4.79 Å². The summed E-state index contributed by atoms with van der Waals surface area (Å²) in [6.45, 7) is 1.26. The van der Waals surface area contributed by atoms with E-state index in [2.05, 4.69) is 15.6 Å². The van der Waals surface area contributed by atoms with Crippen LogP contribution in [0, 0.1) is 0 Å². The van der Waals surface area contributed by atoms with E-state index in [4.69, 9.17) is 4.74 Å². The van der Waals surface area contributed by atoms with Gasteiger partial charge in [0.2, 0.25) is 0 Å². The van der Waals surface area contributed by atoms with Crippen molar-refractivity contribution in [1.82, 2.24) is 20.0 Å². The Bertz CT molecular complexity index is 730. The fraction of sp³-hybridized carbons (Fsp3) is 0.579. The Balaban J connectivity index is 1.29. The monoisotopic (exact) mass is 342 g/mol. The molecule has 134 valence electrons. The normalized spacial score (nSPS) is 22.8. The van der Waals surface area contributed by atoms with Gasteiger partial charge < -0.3 is 19.8 Å². The second-order valence-electron chi connectivity index (χ2n) is 7.34. The molecular formula is C19H26N4O2. The van der Waals surface area contributed by atoms with Gasteiger partial charge in [0.15, 0.2) is 0 Å². The standard InChI is InChI=1S/C19H26N4O2/c24-18(21-14-15-4-9-23-10-8-20-17(23)12-15)22-16-5-11-25-19(13-16)6-2-1-3-7-19/h4,8-10,12,16H,1-3,5-7,11,13-14H2,(H2,21,22,24). The number of aromatic nitrogens is 2. The fourth-order valence-corrected chi connectivity index (χ4v) is 4.18. The van der Waals surface area contributed by atoms with Crippen LogP contribution < -0.4 is 10.6 Å². The van der Waals surface area contributed by atoms with E-state index in [-0.39, 0.29) is 17.7 Å². The number of urea groups is 1. The molecule has 6 nitrogen and oxygen atoms in total. The van der Waals surface area contributed by atoms with Crippen LogP contribution in [-0.4, -0.2) is 33.7 Å². The lowest BCUT2D eigenvalue weighted by Gasteiger charge is -2.43. The number of carbonyl (C=O) groups is 1. The molecule has 1 aliphatic carbocycles. The smallest absolute Gasteiger partial charge is 0.315 e. The molecule has 2 aliphatic rings. The predicted octanol–water partition coefficient (Wildman–Crippen LogP) is 3.02. The third kappa shape index (κ3) is 3.79. The fourth-order valence-electron chi connectivity index (χ4n) is 4.18. The SMILES string of the molecule is O=C(NCc1ccn2ccnc2c1)NC1CCOC2(CCCCC2)C1. The molecule has 4 rings (SSSR count). The van der Waals surface area contributed by atoms with E-state index in [1.165, 1.54) is 19.3 Å². The first kappa shape index (κ1) is 16.4. The second-order valence-corrected chi connectivity index (χ2v) is 7.34. The lowest BCUT2D eigenvalue weighted by molar-refractivity contribution is -0.107. The molecule has 1 spiro atoms. The van der Waals surface area contributed by atoms with Gasteiger partial charge in [0.25, 0.3) is 0 Å². The highest BCUT2D eigenvalue weighted by molar-refractivity contribution is 5.74. The lowest BCUT2D eigenvalue weighted by atomic mass is 9.78. The molecule has 0 bridgehead atoms. The van der Waals surface area contributed by atoms with Crippen molar-refractivity contribution in [2.75, 3.05) is 6.61 Å². The van der Waals surface area contributed by atoms with Crippen molar-refractivity contribution in [1.29, 1.82) is 0 Å². The summed E-state index contributed by atoms with van der Waals surface area (Å²) in [5, 5.41) is 6.11. The number of pyridine rings is 1. The van der Waals surface area contributed by atoms with Crippen molar-refractivity contribution < 1.29 is 9.53 Å². The van der Waals surface area contributed by atoms with Crippen molar-refractivity contribution in [2.45, 2.75) is 63.1 Å². The van der Waals surface area contributed by atoms with Crippen molar-refractivity contribution in [2.24, 2.45) is 0 Å². The summed E-state index contributed by atoms with van der Waals surface area (Å²) in [4.78, 5) is 16.6. The Kier molecular flexibility index (Phi) is 4.61. The topological polar surface area (TPSA) is 67.7 Å². The zero-order valence-electron chi connectivity index (χ0n) is 14.5. The molecule has 2 aromatic heterocycles. The van der Waals surface area contributed by atoms with Gasteiger partial charge in [0, 0.05) is 37.8 Å². The summed E-state index contributed by atoms with van der Waals surface area (Å²) in [5.74, 6) is 0. The number of nitrogens with zero attached hydrogens (tertiary/aromatic N) is 2. The zero-order valence-corrected chi connectivity index (χ0v) is 14.5. The predicted molar refractivity (Wildman–Crippen MR) is 95.4 cm³/mol.